The molecule has 0 fully saturated rings. The average Bonchev–Trinajstić information content (AvgIpc) is 3.52. The number of hydrogen-bond acceptors (Lipinski definition) is 2. The monoisotopic (exact) mass is 607 g/mol. The molecule has 0 atom stereocenters. The summed E-state index contributed by atoms with van der Waals surface area (Å²) in [5, 5.41) is 6.07. The van der Waals surface area contributed by atoms with Gasteiger partial charge in [-0.3, -0.25) is 0 Å². The molecular weight excluding hydrogens is 571 g/mol. The van der Waals surface area contributed by atoms with Gasteiger partial charge in [-0.1, -0.05) is 158 Å². The molecule has 47 heavy (non-hydrogen) atoms. The van der Waals surface area contributed by atoms with Crippen molar-refractivity contribution in [2.45, 2.75) is 0 Å². The molecule has 0 aliphatic carbocycles. The van der Waals surface area contributed by atoms with Crippen LogP contribution in [0.2, 0.25) is 0 Å². The molecule has 7 aromatic carbocycles. The molecule has 1 heterocycles. The zero-order valence-electron chi connectivity index (χ0n) is 26.2. The van der Waals surface area contributed by atoms with Crippen molar-refractivity contribution in [2.24, 2.45) is 0 Å². The maximum absolute atomic E-state index is 5.85. The molecule has 1 aromatic heterocycles. The van der Waals surface area contributed by atoms with Gasteiger partial charge in [-0.25, -0.2) is 0 Å². The Morgan fingerprint density at radius 3 is 1.68 bits per heavy atom. The van der Waals surface area contributed by atoms with Gasteiger partial charge in [-0.2, -0.15) is 0 Å². The van der Waals surface area contributed by atoms with Crippen LogP contribution in [0.3, 0.4) is 0 Å². The number of hydrogen-bond donors (Lipinski definition) is 3. The first-order valence-corrected chi connectivity index (χ1v) is 15.7. The van der Waals surface area contributed by atoms with Crippen molar-refractivity contribution in [1.82, 2.24) is 4.98 Å². The Bertz CT molecular complexity index is 2150. The fourth-order valence-corrected chi connectivity index (χ4v) is 5.53. The van der Waals surface area contributed by atoms with Gasteiger partial charge >= 0.3 is 0 Å². The fourth-order valence-electron chi connectivity index (χ4n) is 5.53. The van der Waals surface area contributed by atoms with Crippen molar-refractivity contribution in [3.05, 3.63) is 194 Å². The molecule has 0 bridgehead atoms. The molecule has 0 saturated heterocycles. The van der Waals surface area contributed by atoms with Crippen LogP contribution in [0.25, 0.3) is 50.1 Å². The number of anilines is 3. The van der Waals surface area contributed by atoms with Crippen molar-refractivity contribution < 1.29 is 0 Å². The van der Waals surface area contributed by atoms with Crippen LogP contribution in [0.1, 0.15) is 5.56 Å². The second-order valence-corrected chi connectivity index (χ2v) is 11.0. The summed E-state index contributed by atoms with van der Waals surface area (Å²) in [6.07, 6.45) is 1.86. The van der Waals surface area contributed by atoms with E-state index >= 15 is 0 Å². The maximum atomic E-state index is 5.85. The lowest BCUT2D eigenvalue weighted by Gasteiger charge is -2.11. The molecule has 4 N–H and O–H groups in total. The van der Waals surface area contributed by atoms with Gasteiger partial charge in [0.1, 0.15) is 0 Å². The highest BCUT2D eigenvalue weighted by atomic mass is 14.9. The summed E-state index contributed by atoms with van der Waals surface area (Å²) in [5.74, 6) is 0. The zero-order chi connectivity index (χ0) is 32.3. The number of rotatable bonds is 5. The summed E-state index contributed by atoms with van der Waals surface area (Å²) >= 11 is 0. The highest BCUT2D eigenvalue weighted by Crippen LogP contribution is 2.27. The normalized spacial score (nSPS) is 10.3. The van der Waals surface area contributed by atoms with Crippen LogP contribution >= 0.6 is 0 Å². The molecule has 0 saturated carbocycles. The predicted molar refractivity (Wildman–Crippen MR) is 204 cm³/mol. The van der Waals surface area contributed by atoms with Crippen molar-refractivity contribution in [3.8, 4) is 22.3 Å². The molecule has 8 rings (SSSR count). The van der Waals surface area contributed by atoms with Crippen LogP contribution in [0, 0.1) is 0 Å². The molecular formula is C44H37N3. The van der Waals surface area contributed by atoms with Gasteiger partial charge in [0, 0.05) is 44.4 Å². The fraction of sp³-hybridized carbons (Fsp3) is 0. The summed E-state index contributed by atoms with van der Waals surface area (Å²) in [5.41, 5.74) is 17.0. The third kappa shape index (κ3) is 7.67. The second kappa shape index (κ2) is 15.1. The molecule has 3 nitrogen and oxygen atoms in total. The van der Waals surface area contributed by atoms with Crippen molar-refractivity contribution in [1.29, 1.82) is 0 Å². The number of nitrogens with two attached hydrogens (primary N) is 1. The first-order valence-electron chi connectivity index (χ1n) is 15.7. The number of para-hydroxylation sites is 4. The molecule has 0 aliphatic rings. The van der Waals surface area contributed by atoms with E-state index in [1.807, 2.05) is 66.7 Å². The minimum absolute atomic E-state index is 0.828. The summed E-state index contributed by atoms with van der Waals surface area (Å²) in [6.45, 7) is 3.86. The Morgan fingerprint density at radius 2 is 1.02 bits per heavy atom. The Balaban J connectivity index is 0.000000129. The van der Waals surface area contributed by atoms with Crippen LogP contribution in [0.15, 0.2) is 189 Å². The van der Waals surface area contributed by atoms with Crippen LogP contribution in [0.5, 0.6) is 0 Å². The minimum Gasteiger partial charge on any atom is -0.398 e. The van der Waals surface area contributed by atoms with Crippen molar-refractivity contribution in [2.75, 3.05) is 11.1 Å². The van der Waals surface area contributed by atoms with E-state index in [0.29, 0.717) is 0 Å². The Hall–Kier alpha value is -6.32. The van der Waals surface area contributed by atoms with Crippen LogP contribution in [0.4, 0.5) is 17.1 Å². The lowest BCUT2D eigenvalue weighted by molar-refractivity contribution is 1.52. The van der Waals surface area contributed by atoms with E-state index in [9.17, 15) is 0 Å². The van der Waals surface area contributed by atoms with E-state index in [1.165, 1.54) is 38.5 Å². The highest BCUT2D eigenvalue weighted by molar-refractivity contribution is 6.07. The largest absolute Gasteiger partial charge is 0.398 e. The van der Waals surface area contributed by atoms with Crippen molar-refractivity contribution in [3.63, 3.8) is 0 Å². The zero-order valence-corrected chi connectivity index (χ0v) is 26.2. The third-order valence-electron chi connectivity index (χ3n) is 7.89. The van der Waals surface area contributed by atoms with E-state index in [0.717, 1.165) is 28.2 Å². The lowest BCUT2D eigenvalue weighted by Crippen LogP contribution is -1.93. The van der Waals surface area contributed by atoms with E-state index in [-0.39, 0.29) is 0 Å². The Morgan fingerprint density at radius 1 is 0.489 bits per heavy atom. The minimum atomic E-state index is 0.828. The Kier molecular flexibility index (Phi) is 9.87. The molecule has 0 unspecified atom stereocenters. The molecule has 0 spiro atoms. The third-order valence-corrected chi connectivity index (χ3v) is 7.89. The summed E-state index contributed by atoms with van der Waals surface area (Å²) < 4.78 is 0. The summed E-state index contributed by atoms with van der Waals surface area (Å²) in [6, 6.07) is 61.8. The van der Waals surface area contributed by atoms with Gasteiger partial charge in [0.15, 0.2) is 0 Å². The van der Waals surface area contributed by atoms with Gasteiger partial charge in [0.2, 0.25) is 0 Å². The molecule has 3 heteroatoms. The number of H-pyrrole nitrogens is 1. The smallest absolute Gasteiger partial charge is 0.0464 e. The average molecular weight is 608 g/mol. The molecule has 0 radical (unpaired) electrons. The highest BCUT2D eigenvalue weighted by Gasteiger charge is 2.03. The maximum Gasteiger partial charge on any atom is 0.0464 e. The van der Waals surface area contributed by atoms with E-state index in [1.54, 1.807) is 0 Å². The first-order chi connectivity index (χ1) is 23.2. The van der Waals surface area contributed by atoms with E-state index < -0.39 is 0 Å². The number of aromatic amines is 1. The van der Waals surface area contributed by atoms with Gasteiger partial charge < -0.3 is 16.0 Å². The number of benzene rings is 7. The standard InChI is InChI=1S/C20H17N.C12H9N.C12H11N/c1-2-16-9-6-7-14-20(16)21-19-13-8-12-18(15-19)17-10-4-3-5-11-17;1-3-7-11-9(5-1)10-6-2-4-8-12(10)13-11;13-12-9-5-4-8-11(12)10-6-2-1-3-7-10/h2-15,21H,1H2;1-8,13H;1-9H,13H2. The molecule has 0 aliphatic heterocycles. The number of nitrogens with one attached hydrogen (secondary N) is 2. The second-order valence-electron chi connectivity index (χ2n) is 11.0. The quantitative estimate of drug-likeness (QED) is 0.170. The number of nitrogen functional groups attached to an aromatic ring is 1. The molecule has 8 aromatic rings. The van der Waals surface area contributed by atoms with Crippen LogP contribution in [-0.4, -0.2) is 4.98 Å². The predicted octanol–water partition coefficient (Wildman–Crippen LogP) is 12.0. The first kappa shape index (κ1) is 30.7. The summed E-state index contributed by atoms with van der Waals surface area (Å²) in [4.78, 5) is 3.38. The molecule has 228 valence electrons. The van der Waals surface area contributed by atoms with E-state index in [4.69, 9.17) is 5.73 Å². The lowest BCUT2D eigenvalue weighted by atomic mass is 10.0. The SMILES string of the molecule is C=Cc1ccccc1Nc1cccc(-c2ccccc2)c1.Nc1ccccc1-c1ccccc1.c1ccc2c(c1)[nH]c1ccccc12. The van der Waals surface area contributed by atoms with Crippen molar-refractivity contribution >= 4 is 44.9 Å². The number of fused-ring (bicyclic) bond motifs is 3. The van der Waals surface area contributed by atoms with Crippen LogP contribution < -0.4 is 11.1 Å². The summed E-state index contributed by atoms with van der Waals surface area (Å²) in [7, 11) is 0. The van der Waals surface area contributed by atoms with Crippen LogP contribution in [-0.2, 0) is 0 Å². The van der Waals surface area contributed by atoms with Gasteiger partial charge in [0.05, 0.1) is 0 Å². The Labute approximate surface area is 276 Å². The van der Waals surface area contributed by atoms with Gasteiger partial charge in [-0.15, -0.1) is 0 Å². The topological polar surface area (TPSA) is 53.8 Å². The number of aromatic nitrogens is 1. The molecule has 0 amide bonds. The van der Waals surface area contributed by atoms with Gasteiger partial charge in [-0.05, 0) is 58.7 Å². The van der Waals surface area contributed by atoms with Gasteiger partial charge in [0.25, 0.3) is 0 Å². The van der Waals surface area contributed by atoms with E-state index in [2.05, 4.69) is 138 Å².